The van der Waals surface area contributed by atoms with Gasteiger partial charge in [-0.1, -0.05) is 25.5 Å². The number of carbonyl (C=O) groups is 2. The second-order valence-electron chi connectivity index (χ2n) is 6.19. The van der Waals surface area contributed by atoms with Crippen LogP contribution in [-0.4, -0.2) is 23.7 Å². The number of hydrogen-bond acceptors (Lipinski definition) is 3. The standard InChI is InChI=1S/C16H22O4/c1-4-20-15(19)11(9-14(17)18)7-10-5-6-12-13(8-10)16(12,2)3/h7-8,12-13H,4-6,9H2,1-3H3,(H,17,18)/b11-7+/t12-,13+/m0/s1. The second-order valence-corrected chi connectivity index (χ2v) is 6.19. The van der Waals surface area contributed by atoms with Crippen LogP contribution in [0.3, 0.4) is 0 Å². The third kappa shape index (κ3) is 2.94. The fourth-order valence-electron chi connectivity index (χ4n) is 3.22. The van der Waals surface area contributed by atoms with E-state index in [1.165, 1.54) is 0 Å². The average molecular weight is 278 g/mol. The van der Waals surface area contributed by atoms with Crippen LogP contribution >= 0.6 is 0 Å². The first-order valence-electron chi connectivity index (χ1n) is 7.16. The normalized spacial score (nSPS) is 27.4. The molecule has 2 aliphatic carbocycles. The number of carbonyl (C=O) groups excluding carboxylic acids is 1. The first-order valence-corrected chi connectivity index (χ1v) is 7.16. The van der Waals surface area contributed by atoms with Crippen LogP contribution in [0, 0.1) is 17.3 Å². The van der Waals surface area contributed by atoms with Gasteiger partial charge in [-0.25, -0.2) is 4.79 Å². The molecular formula is C16H22O4. The van der Waals surface area contributed by atoms with Crippen LogP contribution in [0.2, 0.25) is 0 Å². The van der Waals surface area contributed by atoms with Crippen molar-refractivity contribution in [1.82, 2.24) is 0 Å². The average Bonchev–Trinajstić information content (AvgIpc) is 2.90. The molecule has 0 heterocycles. The highest BCUT2D eigenvalue weighted by molar-refractivity contribution is 5.94. The number of esters is 1. The molecule has 2 aliphatic rings. The Balaban J connectivity index is 2.16. The maximum Gasteiger partial charge on any atom is 0.334 e. The Morgan fingerprint density at radius 2 is 2.20 bits per heavy atom. The minimum atomic E-state index is -1.01. The van der Waals surface area contributed by atoms with Gasteiger partial charge in [-0.05, 0) is 43.1 Å². The van der Waals surface area contributed by atoms with Gasteiger partial charge in [-0.3, -0.25) is 4.79 Å². The fourth-order valence-corrected chi connectivity index (χ4v) is 3.22. The quantitative estimate of drug-likeness (QED) is 0.620. The largest absolute Gasteiger partial charge is 0.481 e. The van der Waals surface area contributed by atoms with Crippen LogP contribution in [-0.2, 0) is 14.3 Å². The van der Waals surface area contributed by atoms with Crippen LogP contribution in [0.1, 0.15) is 40.0 Å². The molecule has 1 saturated carbocycles. The van der Waals surface area contributed by atoms with Crippen LogP contribution in [0.5, 0.6) is 0 Å². The van der Waals surface area contributed by atoms with Gasteiger partial charge in [0.25, 0.3) is 0 Å². The number of rotatable bonds is 5. The topological polar surface area (TPSA) is 63.6 Å². The van der Waals surface area contributed by atoms with E-state index in [1.807, 2.05) is 0 Å². The fraction of sp³-hybridized carbons (Fsp3) is 0.625. The van der Waals surface area contributed by atoms with Crippen LogP contribution < -0.4 is 0 Å². The summed E-state index contributed by atoms with van der Waals surface area (Å²) >= 11 is 0. The summed E-state index contributed by atoms with van der Waals surface area (Å²) in [5, 5.41) is 8.91. The Labute approximate surface area is 119 Å². The highest BCUT2D eigenvalue weighted by Gasteiger charge is 2.56. The molecule has 4 nitrogen and oxygen atoms in total. The molecule has 0 aromatic carbocycles. The Hall–Kier alpha value is -1.58. The Kier molecular flexibility index (Phi) is 4.02. The molecule has 1 fully saturated rings. The number of fused-ring (bicyclic) bond motifs is 1. The van der Waals surface area contributed by atoms with Gasteiger partial charge in [0.05, 0.1) is 13.0 Å². The summed E-state index contributed by atoms with van der Waals surface area (Å²) in [6.07, 6.45) is 5.66. The van der Waals surface area contributed by atoms with Crippen molar-refractivity contribution in [2.45, 2.75) is 40.0 Å². The molecule has 0 radical (unpaired) electrons. The van der Waals surface area contributed by atoms with Crippen molar-refractivity contribution in [2.24, 2.45) is 17.3 Å². The van der Waals surface area contributed by atoms with Gasteiger partial charge in [-0.15, -0.1) is 0 Å². The monoisotopic (exact) mass is 278 g/mol. The molecule has 0 bridgehead atoms. The van der Waals surface area contributed by atoms with E-state index in [9.17, 15) is 9.59 Å². The molecule has 0 aliphatic heterocycles. The Morgan fingerprint density at radius 3 is 2.75 bits per heavy atom. The van der Waals surface area contributed by atoms with E-state index in [2.05, 4.69) is 19.9 Å². The summed E-state index contributed by atoms with van der Waals surface area (Å²) in [5.74, 6) is -0.223. The van der Waals surface area contributed by atoms with Crippen LogP contribution in [0.15, 0.2) is 23.3 Å². The molecule has 0 spiro atoms. The summed E-state index contributed by atoms with van der Waals surface area (Å²) < 4.78 is 4.93. The summed E-state index contributed by atoms with van der Waals surface area (Å²) in [5.41, 5.74) is 1.66. The van der Waals surface area contributed by atoms with Crippen molar-refractivity contribution in [3.8, 4) is 0 Å². The summed E-state index contributed by atoms with van der Waals surface area (Å²) in [6.45, 7) is 6.49. The van der Waals surface area contributed by atoms with Gasteiger partial charge in [0, 0.05) is 5.57 Å². The third-order valence-electron chi connectivity index (χ3n) is 4.52. The van der Waals surface area contributed by atoms with E-state index in [0.717, 1.165) is 24.3 Å². The highest BCUT2D eigenvalue weighted by atomic mass is 16.5. The molecule has 2 rings (SSSR count). The number of aliphatic carboxylic acids is 1. The van der Waals surface area contributed by atoms with Gasteiger partial charge >= 0.3 is 11.9 Å². The molecule has 0 amide bonds. The van der Waals surface area contributed by atoms with Gasteiger partial charge in [0.1, 0.15) is 0 Å². The van der Waals surface area contributed by atoms with Crippen molar-refractivity contribution in [1.29, 1.82) is 0 Å². The molecule has 0 unspecified atom stereocenters. The minimum absolute atomic E-state index is 0.238. The zero-order chi connectivity index (χ0) is 14.9. The van der Waals surface area contributed by atoms with E-state index in [-0.39, 0.29) is 18.6 Å². The molecule has 2 atom stereocenters. The van der Waals surface area contributed by atoms with Gasteiger partial charge < -0.3 is 9.84 Å². The van der Waals surface area contributed by atoms with E-state index < -0.39 is 11.9 Å². The maximum atomic E-state index is 11.8. The molecule has 0 saturated heterocycles. The minimum Gasteiger partial charge on any atom is -0.481 e. The zero-order valence-corrected chi connectivity index (χ0v) is 12.3. The number of allylic oxidation sites excluding steroid dienone is 3. The van der Waals surface area contributed by atoms with Crippen molar-refractivity contribution in [2.75, 3.05) is 6.61 Å². The molecule has 20 heavy (non-hydrogen) atoms. The predicted octanol–water partition coefficient (Wildman–Crippen LogP) is 2.94. The first-order chi connectivity index (χ1) is 9.36. The lowest BCUT2D eigenvalue weighted by Gasteiger charge is -2.10. The zero-order valence-electron chi connectivity index (χ0n) is 12.3. The smallest absolute Gasteiger partial charge is 0.334 e. The Bertz CT molecular complexity index is 485. The van der Waals surface area contributed by atoms with Crippen molar-refractivity contribution < 1.29 is 19.4 Å². The molecule has 1 N–H and O–H groups in total. The molecule has 0 aromatic heterocycles. The van der Waals surface area contributed by atoms with Crippen molar-refractivity contribution in [3.05, 3.63) is 23.3 Å². The maximum absolute atomic E-state index is 11.8. The molecular weight excluding hydrogens is 256 g/mol. The lowest BCUT2D eigenvalue weighted by atomic mass is 9.97. The lowest BCUT2D eigenvalue weighted by molar-refractivity contribution is -0.142. The molecule has 0 aromatic rings. The van der Waals surface area contributed by atoms with Crippen molar-refractivity contribution in [3.63, 3.8) is 0 Å². The van der Waals surface area contributed by atoms with E-state index in [0.29, 0.717) is 11.3 Å². The molecule has 4 heteroatoms. The number of ether oxygens (including phenoxy) is 1. The summed E-state index contributed by atoms with van der Waals surface area (Å²) in [6, 6.07) is 0. The van der Waals surface area contributed by atoms with Gasteiger partial charge in [0.15, 0.2) is 0 Å². The first kappa shape index (κ1) is 14.8. The van der Waals surface area contributed by atoms with Gasteiger partial charge in [0.2, 0.25) is 0 Å². The van der Waals surface area contributed by atoms with E-state index in [4.69, 9.17) is 9.84 Å². The third-order valence-corrected chi connectivity index (χ3v) is 4.52. The van der Waals surface area contributed by atoms with Crippen LogP contribution in [0.25, 0.3) is 0 Å². The second kappa shape index (κ2) is 5.43. The molecule has 110 valence electrons. The number of hydrogen-bond donors (Lipinski definition) is 1. The van der Waals surface area contributed by atoms with Crippen molar-refractivity contribution >= 4 is 11.9 Å². The highest BCUT2D eigenvalue weighted by Crippen LogP contribution is 2.63. The number of carboxylic acids is 1. The van der Waals surface area contributed by atoms with E-state index in [1.54, 1.807) is 13.0 Å². The van der Waals surface area contributed by atoms with E-state index >= 15 is 0 Å². The van der Waals surface area contributed by atoms with Gasteiger partial charge in [-0.2, -0.15) is 0 Å². The summed E-state index contributed by atoms with van der Waals surface area (Å²) in [7, 11) is 0. The predicted molar refractivity (Wildman–Crippen MR) is 75.0 cm³/mol. The number of carboxylic acid groups (broad SMARTS) is 1. The SMILES string of the molecule is CCOC(=O)/C(=C/C1=C[C@@H]2[C@H](CC1)C2(C)C)CC(=O)O. The Morgan fingerprint density at radius 1 is 1.50 bits per heavy atom. The van der Waals surface area contributed by atoms with Crippen LogP contribution in [0.4, 0.5) is 0 Å². The summed E-state index contributed by atoms with van der Waals surface area (Å²) in [4.78, 5) is 22.7. The lowest BCUT2D eigenvalue weighted by Crippen LogP contribution is -2.12.